The Kier molecular flexibility index (Phi) is 6.32. The van der Waals surface area contributed by atoms with E-state index in [-0.39, 0.29) is 5.91 Å². The van der Waals surface area contributed by atoms with E-state index in [2.05, 4.69) is 56.8 Å². The molecule has 0 radical (unpaired) electrons. The van der Waals surface area contributed by atoms with Gasteiger partial charge in [0.15, 0.2) is 11.6 Å². The number of hydrogen-bond acceptors (Lipinski definition) is 6. The molecule has 32 heavy (non-hydrogen) atoms. The van der Waals surface area contributed by atoms with Crippen LogP contribution in [0.2, 0.25) is 5.02 Å². The number of carbonyl (C=O) groups excluding carboxylic acids is 1. The van der Waals surface area contributed by atoms with Crippen molar-refractivity contribution in [2.24, 2.45) is 0 Å². The summed E-state index contributed by atoms with van der Waals surface area (Å²) in [5.74, 6) is 2.21. The van der Waals surface area contributed by atoms with Crippen molar-refractivity contribution in [3.8, 4) is 0 Å². The molecule has 1 aliphatic heterocycles. The molecular formula is C23H28ClN7O. The lowest BCUT2D eigenvalue weighted by Crippen LogP contribution is -2.36. The number of hydrogen-bond donors (Lipinski definition) is 3. The van der Waals surface area contributed by atoms with E-state index in [0.29, 0.717) is 28.5 Å². The first kappa shape index (κ1) is 22.1. The zero-order valence-electron chi connectivity index (χ0n) is 18.8. The molecule has 0 unspecified atom stereocenters. The number of carbonyl (C=O) groups is 1. The molecule has 1 fully saturated rings. The highest BCUT2D eigenvalue weighted by molar-refractivity contribution is 6.32. The zero-order valence-corrected chi connectivity index (χ0v) is 19.5. The van der Waals surface area contributed by atoms with Crippen LogP contribution < -0.4 is 10.6 Å². The minimum Gasteiger partial charge on any atom is -0.343 e. The first-order valence-electron chi connectivity index (χ1n) is 10.8. The minimum absolute atomic E-state index is 0.162. The molecule has 2 aromatic heterocycles. The van der Waals surface area contributed by atoms with E-state index in [0.717, 1.165) is 42.9 Å². The molecule has 3 aromatic rings. The molecule has 0 saturated carbocycles. The van der Waals surface area contributed by atoms with Crippen LogP contribution in [0.1, 0.15) is 48.1 Å². The van der Waals surface area contributed by atoms with Crippen molar-refractivity contribution in [2.75, 3.05) is 23.7 Å². The summed E-state index contributed by atoms with van der Waals surface area (Å²) in [5, 5.41) is 13.9. The van der Waals surface area contributed by atoms with E-state index in [9.17, 15) is 4.79 Å². The largest absolute Gasteiger partial charge is 0.343 e. The van der Waals surface area contributed by atoms with Crippen LogP contribution in [0.5, 0.6) is 0 Å². The Bertz CT molecular complexity index is 1140. The number of aromatic amines is 1. The van der Waals surface area contributed by atoms with Gasteiger partial charge in [0.25, 0.3) is 0 Å². The van der Waals surface area contributed by atoms with Gasteiger partial charge in [-0.25, -0.2) is 4.98 Å². The first-order chi connectivity index (χ1) is 15.3. The van der Waals surface area contributed by atoms with Crippen LogP contribution in [0.15, 0.2) is 24.4 Å². The number of aromatic nitrogens is 4. The molecule has 0 bridgehead atoms. The number of aryl methyl sites for hydroxylation is 3. The Morgan fingerprint density at radius 3 is 2.53 bits per heavy atom. The van der Waals surface area contributed by atoms with Crippen molar-refractivity contribution in [3.05, 3.63) is 51.8 Å². The van der Waals surface area contributed by atoms with Gasteiger partial charge in [0, 0.05) is 37.5 Å². The predicted molar refractivity (Wildman–Crippen MR) is 127 cm³/mol. The number of rotatable bonds is 5. The van der Waals surface area contributed by atoms with Gasteiger partial charge in [-0.1, -0.05) is 17.7 Å². The molecule has 4 rings (SSSR count). The van der Waals surface area contributed by atoms with Crippen molar-refractivity contribution in [3.63, 3.8) is 0 Å². The molecule has 1 saturated heterocycles. The van der Waals surface area contributed by atoms with Gasteiger partial charge >= 0.3 is 0 Å². The number of benzene rings is 1. The summed E-state index contributed by atoms with van der Waals surface area (Å²) in [4.78, 5) is 22.4. The van der Waals surface area contributed by atoms with E-state index in [1.54, 1.807) is 13.1 Å². The molecule has 3 N–H and O–H groups in total. The number of anilines is 4. The molecule has 0 aliphatic carbocycles. The third-order valence-electron chi connectivity index (χ3n) is 5.94. The third kappa shape index (κ3) is 4.85. The van der Waals surface area contributed by atoms with Crippen LogP contribution >= 0.6 is 11.6 Å². The van der Waals surface area contributed by atoms with Crippen LogP contribution in [-0.4, -0.2) is 44.1 Å². The average molecular weight is 454 g/mol. The van der Waals surface area contributed by atoms with Crippen molar-refractivity contribution < 1.29 is 4.79 Å². The molecule has 3 heterocycles. The van der Waals surface area contributed by atoms with Crippen LogP contribution in [0.4, 0.5) is 23.3 Å². The number of nitrogens with one attached hydrogen (secondary N) is 3. The smallest absolute Gasteiger partial charge is 0.229 e. The lowest BCUT2D eigenvalue weighted by molar-refractivity contribution is -0.129. The van der Waals surface area contributed by atoms with Crippen molar-refractivity contribution in [1.82, 2.24) is 25.1 Å². The second-order valence-electron chi connectivity index (χ2n) is 8.38. The Labute approximate surface area is 192 Å². The van der Waals surface area contributed by atoms with Gasteiger partial charge in [-0.15, -0.1) is 0 Å². The molecule has 0 atom stereocenters. The second-order valence-corrected chi connectivity index (χ2v) is 8.79. The molecule has 8 nitrogen and oxygen atoms in total. The van der Waals surface area contributed by atoms with E-state index in [1.165, 1.54) is 11.1 Å². The van der Waals surface area contributed by atoms with Gasteiger partial charge in [-0.2, -0.15) is 10.1 Å². The average Bonchev–Trinajstić information content (AvgIpc) is 3.17. The molecule has 0 spiro atoms. The predicted octanol–water partition coefficient (Wildman–Crippen LogP) is 4.99. The molecule has 9 heteroatoms. The number of piperidine rings is 1. The Hall–Kier alpha value is -3.13. The van der Waals surface area contributed by atoms with Crippen LogP contribution in [0.3, 0.4) is 0 Å². The maximum atomic E-state index is 11.6. The third-order valence-corrected chi connectivity index (χ3v) is 6.21. The van der Waals surface area contributed by atoms with E-state index in [4.69, 9.17) is 11.6 Å². The maximum Gasteiger partial charge on any atom is 0.229 e. The maximum absolute atomic E-state index is 11.6. The standard InChI is InChI=1S/C23H28ClN7O/c1-13-10-20(14(2)9-18(13)17-5-7-31(8-6-17)16(4)32)26-23-25-12-19(24)22(28-23)27-21-11-15(3)29-30-21/h9-12,17H,5-8H2,1-4H3,(H3,25,26,27,28,29,30). The lowest BCUT2D eigenvalue weighted by Gasteiger charge is -2.32. The minimum atomic E-state index is 0.162. The van der Waals surface area contributed by atoms with Gasteiger partial charge in [0.2, 0.25) is 11.9 Å². The Balaban J connectivity index is 1.51. The van der Waals surface area contributed by atoms with Gasteiger partial charge in [0.05, 0.1) is 6.20 Å². The topological polar surface area (TPSA) is 98.8 Å². The van der Waals surface area contributed by atoms with Crippen molar-refractivity contribution in [1.29, 1.82) is 0 Å². The second kappa shape index (κ2) is 9.16. The van der Waals surface area contributed by atoms with Gasteiger partial charge in [-0.3, -0.25) is 9.89 Å². The lowest BCUT2D eigenvalue weighted by atomic mass is 9.85. The van der Waals surface area contributed by atoms with Gasteiger partial charge in [-0.05, 0) is 62.3 Å². The highest BCUT2D eigenvalue weighted by Crippen LogP contribution is 2.34. The summed E-state index contributed by atoms with van der Waals surface area (Å²) in [7, 11) is 0. The summed E-state index contributed by atoms with van der Waals surface area (Å²) in [6.07, 6.45) is 3.56. The van der Waals surface area contributed by atoms with Crippen LogP contribution in [0, 0.1) is 20.8 Å². The number of amides is 1. The van der Waals surface area contributed by atoms with E-state index < -0.39 is 0 Å². The Morgan fingerprint density at radius 1 is 1.12 bits per heavy atom. The van der Waals surface area contributed by atoms with E-state index in [1.807, 2.05) is 17.9 Å². The molecule has 1 amide bonds. The van der Waals surface area contributed by atoms with Gasteiger partial charge < -0.3 is 15.5 Å². The number of halogens is 1. The van der Waals surface area contributed by atoms with Crippen molar-refractivity contribution >= 4 is 40.8 Å². The van der Waals surface area contributed by atoms with E-state index >= 15 is 0 Å². The number of nitrogens with zero attached hydrogens (tertiary/aromatic N) is 4. The molecule has 1 aromatic carbocycles. The Morgan fingerprint density at radius 2 is 1.88 bits per heavy atom. The fourth-order valence-corrected chi connectivity index (χ4v) is 4.30. The summed E-state index contributed by atoms with van der Waals surface area (Å²) in [6.45, 7) is 9.43. The normalized spacial score (nSPS) is 14.5. The van der Waals surface area contributed by atoms with Crippen LogP contribution in [0.25, 0.3) is 0 Å². The molecule has 168 valence electrons. The summed E-state index contributed by atoms with van der Waals surface area (Å²) in [5.41, 5.74) is 5.59. The fourth-order valence-electron chi connectivity index (χ4n) is 4.16. The van der Waals surface area contributed by atoms with Gasteiger partial charge in [0.1, 0.15) is 5.02 Å². The van der Waals surface area contributed by atoms with Crippen molar-refractivity contribution in [2.45, 2.75) is 46.5 Å². The zero-order chi connectivity index (χ0) is 22.8. The highest BCUT2D eigenvalue weighted by Gasteiger charge is 2.23. The highest BCUT2D eigenvalue weighted by atomic mass is 35.5. The molecule has 1 aliphatic rings. The quantitative estimate of drug-likeness (QED) is 0.503. The molecular weight excluding hydrogens is 426 g/mol. The SMILES string of the molecule is CC(=O)N1CCC(c2cc(C)c(Nc3ncc(Cl)c(Nc4cc(C)[nH]n4)n3)cc2C)CC1. The monoisotopic (exact) mass is 453 g/mol. The van der Waals surface area contributed by atoms with Crippen LogP contribution in [-0.2, 0) is 4.79 Å². The summed E-state index contributed by atoms with van der Waals surface area (Å²) >= 11 is 6.27. The number of H-pyrrole nitrogens is 1. The summed E-state index contributed by atoms with van der Waals surface area (Å²) < 4.78 is 0. The first-order valence-corrected chi connectivity index (χ1v) is 11.1. The summed E-state index contributed by atoms with van der Waals surface area (Å²) in [6, 6.07) is 6.26. The fraction of sp³-hybridized carbons (Fsp3) is 0.391. The number of likely N-dealkylation sites (tertiary alicyclic amines) is 1.